The summed E-state index contributed by atoms with van der Waals surface area (Å²) in [6, 6.07) is 0. The Hall–Kier alpha value is -0.420. The van der Waals surface area contributed by atoms with Crippen LogP contribution in [0.3, 0.4) is 0 Å². The molecule has 0 aliphatic carbocycles. The van der Waals surface area contributed by atoms with Gasteiger partial charge in [-0.3, -0.25) is 0 Å². The second-order valence-corrected chi connectivity index (χ2v) is 3.50. The van der Waals surface area contributed by atoms with Gasteiger partial charge in [0.05, 0.1) is 31.8 Å². The SMILES string of the molecule is CC=C(C)C.OCC(CO)(CO)CO. The van der Waals surface area contributed by atoms with Gasteiger partial charge in [-0.25, -0.2) is 0 Å². The van der Waals surface area contributed by atoms with E-state index >= 15 is 0 Å². The minimum atomic E-state index is -1.11. The standard InChI is InChI=1S/C5H12O4.C5H10/c6-1-5(2-7,3-8)4-9;1-4-5(2)3/h6-9H,1-4H2;4H,1-3H3. The molecular weight excluding hydrogens is 184 g/mol. The lowest BCUT2D eigenvalue weighted by molar-refractivity contribution is -0.0328. The van der Waals surface area contributed by atoms with Crippen LogP contribution in [-0.4, -0.2) is 46.9 Å². The fraction of sp³-hybridized carbons (Fsp3) is 0.800. The maximum absolute atomic E-state index is 8.50. The summed E-state index contributed by atoms with van der Waals surface area (Å²) in [5, 5.41) is 34.0. The predicted octanol–water partition coefficient (Wildman–Crippen LogP) is -0.0855. The Balaban J connectivity index is 0. The second-order valence-electron chi connectivity index (χ2n) is 3.50. The summed E-state index contributed by atoms with van der Waals surface area (Å²) in [4.78, 5) is 0. The van der Waals surface area contributed by atoms with Gasteiger partial charge in [0.1, 0.15) is 0 Å². The Kier molecular flexibility index (Phi) is 10.5. The van der Waals surface area contributed by atoms with Crippen LogP contribution in [-0.2, 0) is 0 Å². The lowest BCUT2D eigenvalue weighted by atomic mass is 9.93. The lowest BCUT2D eigenvalue weighted by Crippen LogP contribution is -2.37. The topological polar surface area (TPSA) is 80.9 Å². The summed E-state index contributed by atoms with van der Waals surface area (Å²) >= 11 is 0. The van der Waals surface area contributed by atoms with Gasteiger partial charge >= 0.3 is 0 Å². The zero-order valence-corrected chi connectivity index (χ0v) is 9.19. The molecule has 0 saturated carbocycles. The van der Waals surface area contributed by atoms with Gasteiger partial charge in [-0.15, -0.1) is 0 Å². The highest BCUT2D eigenvalue weighted by molar-refractivity contribution is 4.88. The smallest absolute Gasteiger partial charge is 0.0627 e. The molecule has 0 aliphatic rings. The van der Waals surface area contributed by atoms with Crippen molar-refractivity contribution in [2.75, 3.05) is 26.4 Å². The van der Waals surface area contributed by atoms with Crippen molar-refractivity contribution in [3.63, 3.8) is 0 Å². The minimum absolute atomic E-state index is 0.406. The second kappa shape index (κ2) is 9.15. The van der Waals surface area contributed by atoms with Gasteiger partial charge in [0, 0.05) is 0 Å². The van der Waals surface area contributed by atoms with Crippen LogP contribution in [0.25, 0.3) is 0 Å². The molecule has 0 amide bonds. The van der Waals surface area contributed by atoms with Gasteiger partial charge in [0.15, 0.2) is 0 Å². The summed E-state index contributed by atoms with van der Waals surface area (Å²) in [6.45, 7) is 4.58. The first-order valence-electron chi connectivity index (χ1n) is 4.55. The van der Waals surface area contributed by atoms with Crippen LogP contribution in [0.1, 0.15) is 20.8 Å². The molecule has 0 bridgehead atoms. The minimum Gasteiger partial charge on any atom is -0.396 e. The van der Waals surface area contributed by atoms with E-state index in [0.29, 0.717) is 0 Å². The highest BCUT2D eigenvalue weighted by Crippen LogP contribution is 2.11. The maximum Gasteiger partial charge on any atom is 0.0627 e. The van der Waals surface area contributed by atoms with E-state index in [0.717, 1.165) is 0 Å². The van der Waals surface area contributed by atoms with E-state index in [9.17, 15) is 0 Å². The molecule has 0 aliphatic heterocycles. The summed E-state index contributed by atoms with van der Waals surface area (Å²) in [7, 11) is 0. The van der Waals surface area contributed by atoms with Crippen molar-refractivity contribution in [3.8, 4) is 0 Å². The monoisotopic (exact) mass is 206 g/mol. The van der Waals surface area contributed by atoms with Crippen molar-refractivity contribution < 1.29 is 20.4 Å². The molecular formula is C10H22O4. The normalized spacial score (nSPS) is 10.2. The lowest BCUT2D eigenvalue weighted by Gasteiger charge is -2.23. The van der Waals surface area contributed by atoms with Crippen molar-refractivity contribution >= 4 is 0 Å². The van der Waals surface area contributed by atoms with E-state index in [-0.39, 0.29) is 0 Å². The molecule has 0 aromatic heterocycles. The van der Waals surface area contributed by atoms with Crippen molar-refractivity contribution in [3.05, 3.63) is 11.6 Å². The summed E-state index contributed by atoms with van der Waals surface area (Å²) < 4.78 is 0. The summed E-state index contributed by atoms with van der Waals surface area (Å²) in [5.74, 6) is 0. The van der Waals surface area contributed by atoms with Gasteiger partial charge < -0.3 is 20.4 Å². The molecule has 4 nitrogen and oxygen atoms in total. The highest BCUT2D eigenvalue weighted by Gasteiger charge is 2.26. The molecule has 0 saturated heterocycles. The Morgan fingerprint density at radius 3 is 1.14 bits per heavy atom. The van der Waals surface area contributed by atoms with Crippen LogP contribution in [0.5, 0.6) is 0 Å². The van der Waals surface area contributed by atoms with Crippen molar-refractivity contribution in [1.82, 2.24) is 0 Å². The third-order valence-electron chi connectivity index (χ3n) is 1.92. The number of hydrogen-bond acceptors (Lipinski definition) is 4. The molecule has 0 heterocycles. The molecule has 0 atom stereocenters. The average Bonchev–Trinajstić information content (AvgIpc) is 2.23. The molecule has 0 aromatic rings. The molecule has 0 spiro atoms. The van der Waals surface area contributed by atoms with E-state index in [1.807, 2.05) is 6.92 Å². The molecule has 4 heteroatoms. The Morgan fingerprint density at radius 2 is 1.14 bits per heavy atom. The molecule has 0 rings (SSSR count). The average molecular weight is 206 g/mol. The van der Waals surface area contributed by atoms with Gasteiger partial charge in [0.2, 0.25) is 0 Å². The molecule has 4 N–H and O–H groups in total. The molecule has 86 valence electrons. The fourth-order valence-corrected chi connectivity index (χ4v) is 0.300. The molecule has 0 radical (unpaired) electrons. The number of aliphatic hydroxyl groups excluding tert-OH is 4. The molecule has 0 unspecified atom stereocenters. The first-order valence-corrected chi connectivity index (χ1v) is 4.55. The van der Waals surface area contributed by atoms with E-state index < -0.39 is 31.8 Å². The Morgan fingerprint density at radius 1 is 0.929 bits per heavy atom. The van der Waals surface area contributed by atoms with E-state index in [4.69, 9.17) is 20.4 Å². The van der Waals surface area contributed by atoms with Gasteiger partial charge in [-0.2, -0.15) is 0 Å². The van der Waals surface area contributed by atoms with Crippen molar-refractivity contribution in [2.45, 2.75) is 20.8 Å². The van der Waals surface area contributed by atoms with E-state index in [2.05, 4.69) is 19.9 Å². The predicted molar refractivity (Wildman–Crippen MR) is 55.9 cm³/mol. The van der Waals surface area contributed by atoms with Gasteiger partial charge in [0.25, 0.3) is 0 Å². The van der Waals surface area contributed by atoms with Crippen LogP contribution in [0, 0.1) is 5.41 Å². The first kappa shape index (κ1) is 16.0. The summed E-state index contributed by atoms with van der Waals surface area (Å²) in [6.07, 6.45) is 2.08. The van der Waals surface area contributed by atoms with Crippen LogP contribution >= 0.6 is 0 Å². The molecule has 14 heavy (non-hydrogen) atoms. The highest BCUT2D eigenvalue weighted by atomic mass is 16.3. The third-order valence-corrected chi connectivity index (χ3v) is 1.92. The van der Waals surface area contributed by atoms with Crippen molar-refractivity contribution in [1.29, 1.82) is 0 Å². The number of rotatable bonds is 4. The Labute approximate surface area is 85.5 Å². The van der Waals surface area contributed by atoms with Crippen LogP contribution in [0.4, 0.5) is 0 Å². The number of allylic oxidation sites excluding steroid dienone is 2. The number of hydrogen-bond donors (Lipinski definition) is 4. The first-order chi connectivity index (χ1) is 6.51. The van der Waals surface area contributed by atoms with Gasteiger partial charge in [-0.1, -0.05) is 11.6 Å². The third kappa shape index (κ3) is 7.03. The van der Waals surface area contributed by atoms with Crippen molar-refractivity contribution in [2.24, 2.45) is 5.41 Å². The zero-order valence-electron chi connectivity index (χ0n) is 9.19. The van der Waals surface area contributed by atoms with E-state index in [1.54, 1.807) is 0 Å². The van der Waals surface area contributed by atoms with Crippen LogP contribution in [0.15, 0.2) is 11.6 Å². The van der Waals surface area contributed by atoms with Gasteiger partial charge in [-0.05, 0) is 20.8 Å². The quantitative estimate of drug-likeness (QED) is 0.485. The maximum atomic E-state index is 8.50. The largest absolute Gasteiger partial charge is 0.396 e. The van der Waals surface area contributed by atoms with Crippen LogP contribution in [0.2, 0.25) is 0 Å². The zero-order chi connectivity index (χ0) is 11.6. The van der Waals surface area contributed by atoms with E-state index in [1.165, 1.54) is 5.57 Å². The summed E-state index contributed by atoms with van der Waals surface area (Å²) in [5.41, 5.74) is 0.269. The molecule has 0 aromatic carbocycles. The number of aliphatic hydroxyl groups is 4. The fourth-order valence-electron chi connectivity index (χ4n) is 0.300. The molecule has 0 fully saturated rings. The van der Waals surface area contributed by atoms with Crippen LogP contribution < -0.4 is 0 Å². The Bertz CT molecular complexity index is 129.